The summed E-state index contributed by atoms with van der Waals surface area (Å²) in [5.41, 5.74) is 0. The van der Waals surface area contributed by atoms with Crippen LogP contribution in [0.5, 0.6) is 0 Å². The Morgan fingerprint density at radius 2 is 2.24 bits per heavy atom. The summed E-state index contributed by atoms with van der Waals surface area (Å²) in [4.78, 5) is 21.0. The maximum Gasteiger partial charge on any atom is 0.232 e. The minimum Gasteiger partial charge on any atom is -0.295 e. The van der Waals surface area contributed by atoms with Gasteiger partial charge < -0.3 is 0 Å². The van der Waals surface area contributed by atoms with Crippen LogP contribution in [-0.4, -0.2) is 36.6 Å². The highest BCUT2D eigenvalue weighted by atomic mass is 35.7. The average molecular weight is 276 g/mol. The molecule has 1 aliphatic rings. The van der Waals surface area contributed by atoms with E-state index in [0.29, 0.717) is 12.4 Å². The van der Waals surface area contributed by atoms with Gasteiger partial charge in [0.05, 0.1) is 11.9 Å². The van der Waals surface area contributed by atoms with Crippen LogP contribution in [0.3, 0.4) is 0 Å². The molecule has 0 N–H and O–H groups in total. The lowest BCUT2D eigenvalue weighted by atomic mass is 10.1. The molecule has 6 nitrogen and oxygen atoms in total. The largest absolute Gasteiger partial charge is 0.295 e. The molecule has 0 saturated carbocycles. The fourth-order valence-corrected chi connectivity index (χ4v) is 3.15. The van der Waals surface area contributed by atoms with Crippen molar-refractivity contribution in [2.75, 3.05) is 17.2 Å². The summed E-state index contributed by atoms with van der Waals surface area (Å²) in [5, 5.41) is 0. The van der Waals surface area contributed by atoms with E-state index in [2.05, 4.69) is 9.97 Å². The first-order valence-electron chi connectivity index (χ1n) is 4.94. The number of anilines is 1. The lowest BCUT2D eigenvalue weighted by molar-refractivity contribution is -0.117. The molecular weight excluding hydrogens is 266 g/mol. The molecule has 2 heterocycles. The first-order chi connectivity index (χ1) is 7.96. The normalized spacial score (nSPS) is 20.9. The molecule has 1 fully saturated rings. The van der Waals surface area contributed by atoms with Crippen LogP contribution >= 0.6 is 10.7 Å². The number of amides is 1. The van der Waals surface area contributed by atoms with E-state index in [1.165, 1.54) is 23.5 Å². The monoisotopic (exact) mass is 275 g/mol. The van der Waals surface area contributed by atoms with Crippen LogP contribution in [0.1, 0.15) is 6.42 Å². The van der Waals surface area contributed by atoms with Crippen molar-refractivity contribution < 1.29 is 13.2 Å². The molecule has 2 rings (SSSR count). The Hall–Kier alpha value is -1.21. The molecule has 0 aromatic carbocycles. The smallest absolute Gasteiger partial charge is 0.232 e. The lowest BCUT2D eigenvalue weighted by Crippen LogP contribution is -2.26. The quantitative estimate of drug-likeness (QED) is 0.746. The third-order valence-electron chi connectivity index (χ3n) is 2.47. The average Bonchev–Trinajstić information content (AvgIpc) is 2.58. The summed E-state index contributed by atoms with van der Waals surface area (Å²) >= 11 is 0. The maximum atomic E-state index is 11.7. The Bertz CT molecular complexity index is 520. The van der Waals surface area contributed by atoms with Gasteiger partial charge in [0.2, 0.25) is 15.0 Å². The van der Waals surface area contributed by atoms with E-state index in [4.69, 9.17) is 10.7 Å². The van der Waals surface area contributed by atoms with Crippen molar-refractivity contribution in [3.8, 4) is 0 Å². The summed E-state index contributed by atoms with van der Waals surface area (Å²) in [6.45, 7) is 0.309. The highest BCUT2D eigenvalue weighted by Gasteiger charge is 2.33. The van der Waals surface area contributed by atoms with Crippen molar-refractivity contribution in [2.45, 2.75) is 6.42 Å². The van der Waals surface area contributed by atoms with Crippen LogP contribution < -0.4 is 4.90 Å². The zero-order valence-electron chi connectivity index (χ0n) is 8.78. The van der Waals surface area contributed by atoms with E-state index in [1.807, 2.05) is 0 Å². The molecule has 17 heavy (non-hydrogen) atoms. The fraction of sp³-hybridized carbons (Fsp3) is 0.444. The van der Waals surface area contributed by atoms with E-state index in [1.54, 1.807) is 0 Å². The molecule has 1 aromatic heterocycles. The zero-order chi connectivity index (χ0) is 12.5. The molecule has 0 aliphatic carbocycles. The summed E-state index contributed by atoms with van der Waals surface area (Å²) in [7, 11) is 1.59. The van der Waals surface area contributed by atoms with E-state index in [9.17, 15) is 13.2 Å². The number of carbonyl (C=O) groups is 1. The van der Waals surface area contributed by atoms with Gasteiger partial charge >= 0.3 is 0 Å². The van der Waals surface area contributed by atoms with Crippen LogP contribution in [0.25, 0.3) is 0 Å². The number of nitrogens with zero attached hydrogens (tertiary/aromatic N) is 3. The highest BCUT2D eigenvalue weighted by Crippen LogP contribution is 2.24. The van der Waals surface area contributed by atoms with Gasteiger partial charge in [-0.2, -0.15) is 0 Å². The number of rotatable bonds is 3. The summed E-state index contributed by atoms with van der Waals surface area (Å²) in [6.07, 6.45) is 4.62. The summed E-state index contributed by atoms with van der Waals surface area (Å²) < 4.78 is 21.9. The Morgan fingerprint density at radius 1 is 1.47 bits per heavy atom. The topological polar surface area (TPSA) is 80.2 Å². The van der Waals surface area contributed by atoms with Crippen molar-refractivity contribution in [1.82, 2.24) is 9.97 Å². The standard InChI is InChI=1S/C9H10ClN3O3S/c10-17(15,16)6-7-3-9(14)13(5-7)8-4-11-1-2-12-8/h1-2,4,7H,3,5-6H2. The van der Waals surface area contributed by atoms with Crippen LogP contribution in [0.15, 0.2) is 18.6 Å². The van der Waals surface area contributed by atoms with Crippen LogP contribution in [0, 0.1) is 5.92 Å². The Balaban J connectivity index is 2.11. The van der Waals surface area contributed by atoms with E-state index >= 15 is 0 Å². The molecule has 92 valence electrons. The van der Waals surface area contributed by atoms with E-state index < -0.39 is 9.05 Å². The molecule has 8 heteroatoms. The molecule has 1 unspecified atom stereocenters. The minimum absolute atomic E-state index is 0.157. The predicted molar refractivity (Wildman–Crippen MR) is 62.1 cm³/mol. The first-order valence-corrected chi connectivity index (χ1v) is 7.42. The molecular formula is C9H10ClN3O3S. The van der Waals surface area contributed by atoms with Gasteiger partial charge in [-0.3, -0.25) is 14.7 Å². The molecule has 0 radical (unpaired) electrons. The van der Waals surface area contributed by atoms with Gasteiger partial charge in [0.15, 0.2) is 5.82 Å². The summed E-state index contributed by atoms with van der Waals surface area (Å²) in [6, 6.07) is 0. The number of hydrogen-bond donors (Lipinski definition) is 0. The number of carbonyl (C=O) groups excluding carboxylic acids is 1. The second-order valence-corrected chi connectivity index (χ2v) is 6.67. The third kappa shape index (κ3) is 3.13. The second kappa shape index (κ2) is 4.58. The van der Waals surface area contributed by atoms with Crippen molar-refractivity contribution >= 4 is 31.5 Å². The van der Waals surface area contributed by atoms with Crippen LogP contribution in [-0.2, 0) is 13.8 Å². The SMILES string of the molecule is O=C1CC(CS(=O)(=O)Cl)CN1c1cnccn1. The van der Waals surface area contributed by atoms with Crippen molar-refractivity contribution in [3.63, 3.8) is 0 Å². The fourth-order valence-electron chi connectivity index (χ4n) is 1.83. The molecule has 1 aromatic rings. The number of aromatic nitrogens is 2. The zero-order valence-corrected chi connectivity index (χ0v) is 10.4. The molecule has 1 amide bonds. The van der Waals surface area contributed by atoms with Gasteiger partial charge in [0, 0.05) is 42.0 Å². The first kappa shape index (κ1) is 12.3. The van der Waals surface area contributed by atoms with E-state index in [0.717, 1.165) is 0 Å². The van der Waals surface area contributed by atoms with Crippen LogP contribution in [0.4, 0.5) is 5.82 Å². The molecule has 0 spiro atoms. The van der Waals surface area contributed by atoms with Crippen LogP contribution in [0.2, 0.25) is 0 Å². The number of hydrogen-bond acceptors (Lipinski definition) is 5. The van der Waals surface area contributed by atoms with Gasteiger partial charge in [0.25, 0.3) is 0 Å². The maximum absolute atomic E-state index is 11.7. The highest BCUT2D eigenvalue weighted by molar-refractivity contribution is 8.13. The second-order valence-electron chi connectivity index (χ2n) is 3.84. The third-order valence-corrected chi connectivity index (χ3v) is 3.71. The molecule has 1 saturated heterocycles. The Morgan fingerprint density at radius 3 is 2.82 bits per heavy atom. The van der Waals surface area contributed by atoms with Gasteiger partial charge in [-0.05, 0) is 0 Å². The molecule has 0 bridgehead atoms. The van der Waals surface area contributed by atoms with Crippen molar-refractivity contribution in [2.24, 2.45) is 5.92 Å². The molecule has 1 aliphatic heterocycles. The molecule has 1 atom stereocenters. The predicted octanol–water partition coefficient (Wildman–Crippen LogP) is 0.398. The van der Waals surface area contributed by atoms with Crippen molar-refractivity contribution in [3.05, 3.63) is 18.6 Å². The lowest BCUT2D eigenvalue weighted by Gasteiger charge is -2.14. The Labute approximate surface area is 103 Å². The number of halogens is 1. The minimum atomic E-state index is -3.58. The Kier molecular flexibility index (Phi) is 3.30. The van der Waals surface area contributed by atoms with Gasteiger partial charge in [0.1, 0.15) is 0 Å². The van der Waals surface area contributed by atoms with Gasteiger partial charge in [-0.1, -0.05) is 0 Å². The summed E-state index contributed by atoms with van der Waals surface area (Å²) in [5.74, 6) is -0.202. The van der Waals surface area contributed by atoms with Crippen molar-refractivity contribution in [1.29, 1.82) is 0 Å². The van der Waals surface area contributed by atoms with Gasteiger partial charge in [-0.15, -0.1) is 0 Å². The van der Waals surface area contributed by atoms with Gasteiger partial charge in [-0.25, -0.2) is 13.4 Å². The van der Waals surface area contributed by atoms with E-state index in [-0.39, 0.29) is 24.0 Å².